The summed E-state index contributed by atoms with van der Waals surface area (Å²) in [6.45, 7) is 11.0. The van der Waals surface area contributed by atoms with Gasteiger partial charge in [-0.2, -0.15) is 5.10 Å². The molecule has 1 amide bonds. The molecule has 0 saturated heterocycles. The van der Waals surface area contributed by atoms with E-state index in [1.807, 2.05) is 49.4 Å². The topological polar surface area (TPSA) is 62.7 Å². The van der Waals surface area contributed by atoms with Crippen molar-refractivity contribution < 1.29 is 9.53 Å². The minimum absolute atomic E-state index is 0.288. The van der Waals surface area contributed by atoms with Gasteiger partial charge >= 0.3 is 0 Å². The molecule has 0 spiro atoms. The molecule has 1 aliphatic rings. The summed E-state index contributed by atoms with van der Waals surface area (Å²) in [5.41, 5.74) is 6.76. The highest BCUT2D eigenvalue weighted by molar-refractivity contribution is 5.96. The van der Waals surface area contributed by atoms with Crippen molar-refractivity contribution in [3.05, 3.63) is 83.6 Å². The Morgan fingerprint density at radius 3 is 2.55 bits per heavy atom. The summed E-state index contributed by atoms with van der Waals surface area (Å²) in [5, 5.41) is 7.15. The largest absolute Gasteiger partial charge is 0.492 e. The monoisotopic (exact) mass is 391 g/mol. The van der Waals surface area contributed by atoms with Gasteiger partial charge in [-0.15, -0.1) is 0 Å². The Morgan fingerprint density at radius 2 is 1.90 bits per heavy atom. The number of hydrogen-bond donors (Lipinski definition) is 2. The molecule has 5 nitrogen and oxygen atoms in total. The third-order valence-electron chi connectivity index (χ3n) is 3.91. The van der Waals surface area contributed by atoms with E-state index < -0.39 is 0 Å². The molecule has 29 heavy (non-hydrogen) atoms. The number of amides is 1. The number of allylic oxidation sites excluding steroid dienone is 1. The van der Waals surface area contributed by atoms with Crippen molar-refractivity contribution in [1.29, 1.82) is 0 Å². The van der Waals surface area contributed by atoms with Crippen LogP contribution in [0.5, 0.6) is 0 Å². The van der Waals surface area contributed by atoms with Gasteiger partial charge in [0.25, 0.3) is 5.91 Å². The van der Waals surface area contributed by atoms with Crippen molar-refractivity contribution >= 4 is 23.5 Å². The molecule has 1 heterocycles. The summed E-state index contributed by atoms with van der Waals surface area (Å²) >= 11 is 0. The first-order chi connectivity index (χ1) is 14.0. The zero-order chi connectivity index (χ0) is 21.1. The van der Waals surface area contributed by atoms with Crippen molar-refractivity contribution in [2.45, 2.75) is 33.6 Å². The molecule has 1 aliphatic heterocycles. The Hall–Kier alpha value is -3.34. The minimum Gasteiger partial charge on any atom is -0.492 e. The normalized spacial score (nSPS) is 12.4. The molecule has 0 fully saturated rings. The molecule has 2 N–H and O–H groups in total. The fourth-order valence-corrected chi connectivity index (χ4v) is 2.49. The number of rotatable bonds is 6. The number of carbonyl (C=O) groups is 1. The molecular formula is C24H29N3O2. The molecule has 3 rings (SSSR count). The lowest BCUT2D eigenvalue weighted by Crippen LogP contribution is -2.17. The van der Waals surface area contributed by atoms with Gasteiger partial charge in [-0.05, 0) is 36.8 Å². The van der Waals surface area contributed by atoms with Crippen LogP contribution in [0.25, 0.3) is 5.70 Å². The molecule has 0 bridgehead atoms. The molecule has 0 aliphatic carbocycles. The van der Waals surface area contributed by atoms with Gasteiger partial charge in [-0.25, -0.2) is 5.43 Å². The van der Waals surface area contributed by atoms with Gasteiger partial charge in [0.2, 0.25) is 0 Å². The molecule has 0 radical (unpaired) electrons. The van der Waals surface area contributed by atoms with Gasteiger partial charge < -0.3 is 10.1 Å². The van der Waals surface area contributed by atoms with Crippen molar-refractivity contribution in [3.8, 4) is 0 Å². The maximum Gasteiger partial charge on any atom is 0.271 e. The average Bonchev–Trinajstić information content (AvgIpc) is 3.23. The van der Waals surface area contributed by atoms with Crippen molar-refractivity contribution in [2.75, 3.05) is 11.9 Å². The second kappa shape index (κ2) is 11.5. The van der Waals surface area contributed by atoms with E-state index in [9.17, 15) is 4.79 Å². The molecular weight excluding hydrogens is 362 g/mol. The van der Waals surface area contributed by atoms with Gasteiger partial charge in [0.15, 0.2) is 0 Å². The number of carbonyl (C=O) groups excluding carboxylic acids is 1. The molecule has 2 aromatic rings. The van der Waals surface area contributed by atoms with Gasteiger partial charge in [0, 0.05) is 23.4 Å². The van der Waals surface area contributed by atoms with E-state index in [0.29, 0.717) is 17.9 Å². The Bertz CT molecular complexity index is 883. The predicted molar refractivity (Wildman–Crippen MR) is 121 cm³/mol. The van der Waals surface area contributed by atoms with Crippen LogP contribution in [0, 0.1) is 6.92 Å². The second-order valence-electron chi connectivity index (χ2n) is 6.70. The molecule has 5 heteroatoms. The summed E-state index contributed by atoms with van der Waals surface area (Å²) < 4.78 is 5.29. The van der Waals surface area contributed by atoms with Gasteiger partial charge in [-0.3, -0.25) is 4.79 Å². The Morgan fingerprint density at radius 1 is 1.17 bits per heavy atom. The molecule has 0 aromatic heterocycles. The SMILES string of the molecule is C=C(Nc1cccc(C(=O)N/N=C/C2=CCCO2)c1)c1ccc(C)cc1.CCC. The highest BCUT2D eigenvalue weighted by atomic mass is 16.5. The molecule has 0 atom stereocenters. The van der Waals surface area contributed by atoms with Crippen LogP contribution in [0.1, 0.15) is 48.2 Å². The highest BCUT2D eigenvalue weighted by Crippen LogP contribution is 2.18. The first kappa shape index (κ1) is 22.0. The molecule has 0 unspecified atom stereocenters. The zero-order valence-electron chi connectivity index (χ0n) is 17.4. The summed E-state index contributed by atoms with van der Waals surface area (Å²) in [4.78, 5) is 12.2. The number of hydrogen-bond acceptors (Lipinski definition) is 4. The van der Waals surface area contributed by atoms with Crippen LogP contribution < -0.4 is 10.7 Å². The molecule has 152 valence electrons. The first-order valence-electron chi connectivity index (χ1n) is 9.82. The van der Waals surface area contributed by atoms with E-state index in [4.69, 9.17) is 4.74 Å². The Balaban J connectivity index is 0.000000941. The third-order valence-corrected chi connectivity index (χ3v) is 3.91. The van der Waals surface area contributed by atoms with Crippen LogP contribution in [0.4, 0.5) is 5.69 Å². The fraction of sp³-hybridized carbons (Fsp3) is 0.250. The van der Waals surface area contributed by atoms with Crippen LogP contribution >= 0.6 is 0 Å². The van der Waals surface area contributed by atoms with Gasteiger partial charge in [-0.1, -0.05) is 62.7 Å². The van der Waals surface area contributed by atoms with Crippen molar-refractivity contribution in [1.82, 2.24) is 5.43 Å². The zero-order valence-corrected chi connectivity index (χ0v) is 17.4. The number of ether oxygens (including phenoxy) is 1. The lowest BCUT2D eigenvalue weighted by molar-refractivity contribution is 0.0955. The number of aryl methyl sites for hydroxylation is 1. The van der Waals surface area contributed by atoms with Crippen molar-refractivity contribution in [2.24, 2.45) is 5.10 Å². The third kappa shape index (κ3) is 7.30. The number of benzene rings is 2. The van der Waals surface area contributed by atoms with Crippen LogP contribution in [0.3, 0.4) is 0 Å². The van der Waals surface area contributed by atoms with Crippen LogP contribution in [0.2, 0.25) is 0 Å². The van der Waals surface area contributed by atoms with Gasteiger partial charge in [0.1, 0.15) is 5.76 Å². The maximum atomic E-state index is 12.2. The Kier molecular flexibility index (Phi) is 8.70. The number of hydrazone groups is 1. The van der Waals surface area contributed by atoms with E-state index in [-0.39, 0.29) is 5.91 Å². The lowest BCUT2D eigenvalue weighted by Gasteiger charge is -2.11. The molecule has 2 aromatic carbocycles. The smallest absolute Gasteiger partial charge is 0.271 e. The van der Waals surface area contributed by atoms with Gasteiger partial charge in [0.05, 0.1) is 12.8 Å². The number of anilines is 1. The second-order valence-corrected chi connectivity index (χ2v) is 6.70. The fourth-order valence-electron chi connectivity index (χ4n) is 2.49. The maximum absolute atomic E-state index is 12.2. The first-order valence-corrected chi connectivity index (χ1v) is 9.82. The number of nitrogens with zero attached hydrogens (tertiary/aromatic N) is 1. The highest BCUT2D eigenvalue weighted by Gasteiger charge is 2.07. The van der Waals surface area contributed by atoms with E-state index in [2.05, 4.69) is 36.3 Å². The van der Waals surface area contributed by atoms with Crippen LogP contribution in [0.15, 0.2) is 72.0 Å². The standard InChI is InChI=1S/C21H21N3O2.C3H8/c1-15-8-10-17(11-9-15)16(2)23-19-6-3-5-18(13-19)21(25)24-22-14-20-7-4-12-26-20;1-3-2/h3,5-11,13-14,23H,2,4,12H2,1H3,(H,24,25);3H2,1-2H3/b22-14+;. The average molecular weight is 392 g/mol. The van der Waals surface area contributed by atoms with E-state index in [1.165, 1.54) is 18.2 Å². The quantitative estimate of drug-likeness (QED) is 0.504. The summed E-state index contributed by atoms with van der Waals surface area (Å²) in [6, 6.07) is 15.3. The number of nitrogens with one attached hydrogen (secondary N) is 2. The van der Waals surface area contributed by atoms with E-state index in [0.717, 1.165) is 23.4 Å². The van der Waals surface area contributed by atoms with E-state index in [1.54, 1.807) is 12.1 Å². The summed E-state index contributed by atoms with van der Waals surface area (Å²) in [5.74, 6) is 0.388. The summed E-state index contributed by atoms with van der Waals surface area (Å²) in [7, 11) is 0. The predicted octanol–water partition coefficient (Wildman–Crippen LogP) is 5.51. The Labute approximate surface area is 173 Å². The minimum atomic E-state index is -0.288. The lowest BCUT2D eigenvalue weighted by atomic mass is 10.1. The molecule has 0 saturated carbocycles. The van der Waals surface area contributed by atoms with Crippen LogP contribution in [-0.4, -0.2) is 18.7 Å². The summed E-state index contributed by atoms with van der Waals surface area (Å²) in [6.07, 6.45) is 5.55. The van der Waals surface area contributed by atoms with E-state index >= 15 is 0 Å². The van der Waals surface area contributed by atoms with Crippen LogP contribution in [-0.2, 0) is 4.74 Å². The van der Waals surface area contributed by atoms with Crippen molar-refractivity contribution in [3.63, 3.8) is 0 Å².